The van der Waals surface area contributed by atoms with E-state index in [0.29, 0.717) is 28.4 Å². The van der Waals surface area contributed by atoms with Crippen molar-refractivity contribution in [1.82, 2.24) is 4.98 Å². The van der Waals surface area contributed by atoms with Gasteiger partial charge in [-0.15, -0.1) is 0 Å². The van der Waals surface area contributed by atoms with Crippen molar-refractivity contribution in [3.05, 3.63) is 83.6 Å². The lowest BCUT2D eigenvalue weighted by Crippen LogP contribution is -2.20. The highest BCUT2D eigenvalue weighted by molar-refractivity contribution is 6.07. The minimum Gasteiger partial charge on any atom is -0.493 e. The maximum Gasteiger partial charge on any atom is 0.262 e. The first-order chi connectivity index (χ1) is 15.9. The molecule has 4 rings (SSSR count). The number of methoxy groups -OCH3 is 1. The molecular formula is C26H25N3O4. The number of hydrogen-bond donors (Lipinski definition) is 3. The van der Waals surface area contributed by atoms with Gasteiger partial charge in [-0.2, -0.15) is 0 Å². The molecule has 0 unspecified atom stereocenters. The van der Waals surface area contributed by atoms with Crippen LogP contribution in [0.5, 0.6) is 11.5 Å². The Balaban J connectivity index is 1.39. The van der Waals surface area contributed by atoms with Gasteiger partial charge in [0.15, 0.2) is 18.1 Å². The van der Waals surface area contributed by atoms with Crippen molar-refractivity contribution in [3.8, 4) is 11.5 Å². The summed E-state index contributed by atoms with van der Waals surface area (Å²) < 4.78 is 10.8. The van der Waals surface area contributed by atoms with Gasteiger partial charge in [-0.25, -0.2) is 0 Å². The van der Waals surface area contributed by atoms with Gasteiger partial charge in [-0.05, 0) is 67.9 Å². The number of aromatic amines is 1. The van der Waals surface area contributed by atoms with Crippen LogP contribution in [0.25, 0.3) is 10.9 Å². The number of fused-ring (bicyclic) bond motifs is 1. The maximum absolute atomic E-state index is 12.8. The topological polar surface area (TPSA) is 92.4 Å². The fourth-order valence-electron chi connectivity index (χ4n) is 3.56. The number of carbonyl (C=O) groups excluding carboxylic acids is 2. The van der Waals surface area contributed by atoms with Gasteiger partial charge >= 0.3 is 0 Å². The van der Waals surface area contributed by atoms with Crippen molar-refractivity contribution in [2.45, 2.75) is 13.8 Å². The number of rotatable bonds is 7. The molecule has 7 heteroatoms. The van der Waals surface area contributed by atoms with Crippen LogP contribution in [0.4, 0.5) is 11.4 Å². The van der Waals surface area contributed by atoms with Crippen LogP contribution in [0.15, 0.2) is 66.7 Å². The minimum absolute atomic E-state index is 0.174. The molecule has 4 aromatic rings. The Hall–Kier alpha value is -4.26. The van der Waals surface area contributed by atoms with E-state index in [1.54, 1.807) is 55.6 Å². The van der Waals surface area contributed by atoms with Gasteiger partial charge in [0.25, 0.3) is 11.8 Å². The Morgan fingerprint density at radius 3 is 2.36 bits per heavy atom. The number of para-hydroxylation sites is 2. The molecule has 0 aliphatic carbocycles. The summed E-state index contributed by atoms with van der Waals surface area (Å²) in [5.74, 6) is 0.491. The number of H-pyrrole nitrogens is 1. The van der Waals surface area contributed by atoms with Gasteiger partial charge in [-0.3, -0.25) is 9.59 Å². The zero-order valence-electron chi connectivity index (χ0n) is 18.7. The second-order valence-electron chi connectivity index (χ2n) is 7.66. The summed E-state index contributed by atoms with van der Waals surface area (Å²) in [5.41, 5.74) is 4.89. The number of benzene rings is 3. The Bertz CT molecular complexity index is 1330. The highest BCUT2D eigenvalue weighted by atomic mass is 16.5. The van der Waals surface area contributed by atoms with Gasteiger partial charge < -0.3 is 25.1 Å². The second-order valence-corrected chi connectivity index (χ2v) is 7.66. The molecule has 0 radical (unpaired) electrons. The third-order valence-corrected chi connectivity index (χ3v) is 5.40. The molecule has 0 aliphatic rings. The number of anilines is 2. The third-order valence-electron chi connectivity index (χ3n) is 5.40. The molecule has 0 saturated heterocycles. The standard InChI is InChI=1S/C26H25N3O4/c1-16-17(2)27-22-12-11-18(13-21(16)22)26(31)29-20-8-6-7-19(14-20)28-25(30)15-33-24-10-5-4-9-23(24)32-3/h4-14,27H,15H2,1-3H3,(H,28,30)(H,29,31). The second kappa shape index (κ2) is 9.48. The van der Waals surface area contributed by atoms with Gasteiger partial charge in [0.05, 0.1) is 7.11 Å². The summed E-state index contributed by atoms with van der Waals surface area (Å²) in [4.78, 5) is 28.4. The SMILES string of the molecule is COc1ccccc1OCC(=O)Nc1cccc(NC(=O)c2ccc3[nH]c(C)c(C)c3c2)c1. The fraction of sp³-hybridized carbons (Fsp3) is 0.154. The fourth-order valence-corrected chi connectivity index (χ4v) is 3.56. The Kier molecular flexibility index (Phi) is 6.31. The van der Waals surface area contributed by atoms with Gasteiger partial charge in [-0.1, -0.05) is 18.2 Å². The molecule has 1 heterocycles. The predicted molar refractivity (Wildman–Crippen MR) is 129 cm³/mol. The first kappa shape index (κ1) is 22.0. The number of amides is 2. The Morgan fingerprint density at radius 1 is 0.879 bits per heavy atom. The summed E-state index contributed by atoms with van der Waals surface area (Å²) in [6.45, 7) is 3.86. The summed E-state index contributed by atoms with van der Waals surface area (Å²) >= 11 is 0. The molecule has 0 fully saturated rings. The monoisotopic (exact) mass is 443 g/mol. The van der Waals surface area contributed by atoms with E-state index >= 15 is 0 Å². The quantitative estimate of drug-likeness (QED) is 0.372. The molecule has 168 valence electrons. The smallest absolute Gasteiger partial charge is 0.262 e. The van der Waals surface area contributed by atoms with Gasteiger partial charge in [0.2, 0.25) is 0 Å². The molecule has 1 aromatic heterocycles. The highest BCUT2D eigenvalue weighted by Gasteiger charge is 2.12. The summed E-state index contributed by atoms with van der Waals surface area (Å²) in [6.07, 6.45) is 0. The number of nitrogens with one attached hydrogen (secondary N) is 3. The maximum atomic E-state index is 12.8. The predicted octanol–water partition coefficient (Wildman–Crippen LogP) is 5.06. The third kappa shape index (κ3) is 4.98. The van der Waals surface area contributed by atoms with Crippen LogP contribution in [0, 0.1) is 13.8 Å². The molecule has 3 aromatic carbocycles. The molecule has 0 saturated carbocycles. The van der Waals surface area contributed by atoms with E-state index in [-0.39, 0.29) is 18.4 Å². The zero-order chi connectivity index (χ0) is 23.4. The van der Waals surface area contributed by atoms with E-state index in [0.717, 1.165) is 22.2 Å². The van der Waals surface area contributed by atoms with Crippen LogP contribution in [-0.4, -0.2) is 30.5 Å². The average molecular weight is 444 g/mol. The molecule has 33 heavy (non-hydrogen) atoms. The van der Waals surface area contributed by atoms with Gasteiger partial charge in [0, 0.05) is 33.5 Å². The lowest BCUT2D eigenvalue weighted by Gasteiger charge is -2.11. The van der Waals surface area contributed by atoms with Crippen LogP contribution >= 0.6 is 0 Å². The van der Waals surface area contributed by atoms with Crippen molar-refractivity contribution in [3.63, 3.8) is 0 Å². The molecular weight excluding hydrogens is 418 g/mol. The normalized spacial score (nSPS) is 10.6. The molecule has 0 atom stereocenters. The van der Waals surface area contributed by atoms with Gasteiger partial charge in [0.1, 0.15) is 0 Å². The van der Waals surface area contributed by atoms with Crippen LogP contribution in [-0.2, 0) is 4.79 Å². The molecule has 7 nitrogen and oxygen atoms in total. The van der Waals surface area contributed by atoms with E-state index in [4.69, 9.17) is 9.47 Å². The van der Waals surface area contributed by atoms with Crippen molar-refractivity contribution >= 4 is 34.1 Å². The van der Waals surface area contributed by atoms with E-state index in [2.05, 4.69) is 15.6 Å². The van der Waals surface area contributed by atoms with Crippen LogP contribution in [0.3, 0.4) is 0 Å². The number of carbonyl (C=O) groups is 2. The first-order valence-electron chi connectivity index (χ1n) is 10.5. The van der Waals surface area contributed by atoms with E-state index in [1.807, 2.05) is 32.0 Å². The molecule has 0 aliphatic heterocycles. The Morgan fingerprint density at radius 2 is 1.61 bits per heavy atom. The van der Waals surface area contributed by atoms with E-state index in [9.17, 15) is 9.59 Å². The van der Waals surface area contributed by atoms with Crippen molar-refractivity contribution in [1.29, 1.82) is 0 Å². The highest BCUT2D eigenvalue weighted by Crippen LogP contribution is 2.26. The average Bonchev–Trinajstić information content (AvgIpc) is 3.11. The molecule has 0 spiro atoms. The number of aromatic nitrogens is 1. The summed E-state index contributed by atoms with van der Waals surface area (Å²) in [7, 11) is 1.54. The zero-order valence-corrected chi connectivity index (χ0v) is 18.7. The number of hydrogen-bond acceptors (Lipinski definition) is 4. The first-order valence-corrected chi connectivity index (χ1v) is 10.5. The van der Waals surface area contributed by atoms with E-state index in [1.165, 1.54) is 0 Å². The van der Waals surface area contributed by atoms with Crippen LogP contribution in [0.2, 0.25) is 0 Å². The molecule has 2 amide bonds. The summed E-state index contributed by atoms with van der Waals surface area (Å²) in [5, 5.41) is 6.69. The van der Waals surface area contributed by atoms with Crippen molar-refractivity contribution in [2.24, 2.45) is 0 Å². The van der Waals surface area contributed by atoms with Crippen molar-refractivity contribution < 1.29 is 19.1 Å². The van der Waals surface area contributed by atoms with Crippen LogP contribution < -0.4 is 20.1 Å². The number of ether oxygens (including phenoxy) is 2. The summed E-state index contributed by atoms with van der Waals surface area (Å²) in [6, 6.07) is 19.7. The van der Waals surface area contributed by atoms with Crippen LogP contribution in [0.1, 0.15) is 21.6 Å². The lowest BCUT2D eigenvalue weighted by molar-refractivity contribution is -0.118. The lowest BCUT2D eigenvalue weighted by atomic mass is 10.1. The van der Waals surface area contributed by atoms with E-state index < -0.39 is 0 Å². The molecule has 0 bridgehead atoms. The minimum atomic E-state index is -0.326. The molecule has 3 N–H and O–H groups in total. The Labute approximate surface area is 191 Å². The largest absolute Gasteiger partial charge is 0.493 e. The van der Waals surface area contributed by atoms with Crippen molar-refractivity contribution in [2.75, 3.05) is 24.4 Å². The number of aryl methyl sites for hydroxylation is 2.